The molecular formula is C16H15BrF2O. The average Bonchev–Trinajstić information content (AvgIpc) is 2.43. The molecule has 0 N–H and O–H groups in total. The Morgan fingerprint density at radius 2 is 1.85 bits per heavy atom. The van der Waals surface area contributed by atoms with E-state index in [2.05, 4.69) is 15.9 Å². The maximum Gasteiger partial charge on any atom is 0.159 e. The van der Waals surface area contributed by atoms with E-state index in [1.165, 1.54) is 6.07 Å². The van der Waals surface area contributed by atoms with Crippen molar-refractivity contribution < 1.29 is 13.5 Å². The highest BCUT2D eigenvalue weighted by Gasteiger charge is 2.15. The van der Waals surface area contributed by atoms with Crippen LogP contribution in [0.25, 0.3) is 0 Å². The number of hydrogen-bond acceptors (Lipinski definition) is 1. The van der Waals surface area contributed by atoms with Crippen LogP contribution in [-0.2, 0) is 6.42 Å². The number of rotatable bonds is 4. The van der Waals surface area contributed by atoms with Gasteiger partial charge in [-0.1, -0.05) is 39.7 Å². The van der Waals surface area contributed by atoms with Gasteiger partial charge >= 0.3 is 0 Å². The summed E-state index contributed by atoms with van der Waals surface area (Å²) in [6, 6.07) is 9.88. The summed E-state index contributed by atoms with van der Waals surface area (Å²) in [7, 11) is 1.62. The third kappa shape index (κ3) is 3.37. The molecule has 1 unspecified atom stereocenters. The zero-order valence-electron chi connectivity index (χ0n) is 11.3. The van der Waals surface area contributed by atoms with Crippen LogP contribution in [0.5, 0.6) is 5.75 Å². The van der Waals surface area contributed by atoms with E-state index in [9.17, 15) is 8.78 Å². The first-order chi connectivity index (χ1) is 9.51. The Morgan fingerprint density at radius 3 is 2.50 bits per heavy atom. The van der Waals surface area contributed by atoms with Gasteiger partial charge in [-0.25, -0.2) is 8.78 Å². The summed E-state index contributed by atoms with van der Waals surface area (Å²) in [5, 5.41) is 0. The highest BCUT2D eigenvalue weighted by Crippen LogP contribution is 2.34. The minimum Gasteiger partial charge on any atom is -0.496 e. The topological polar surface area (TPSA) is 9.23 Å². The van der Waals surface area contributed by atoms with Crippen molar-refractivity contribution in [1.82, 2.24) is 0 Å². The van der Waals surface area contributed by atoms with E-state index in [-0.39, 0.29) is 4.83 Å². The second-order valence-corrected chi connectivity index (χ2v) is 5.77. The van der Waals surface area contributed by atoms with Crippen LogP contribution in [0.4, 0.5) is 8.78 Å². The molecule has 4 heteroatoms. The molecule has 20 heavy (non-hydrogen) atoms. The van der Waals surface area contributed by atoms with Gasteiger partial charge in [-0.15, -0.1) is 0 Å². The van der Waals surface area contributed by atoms with Crippen LogP contribution in [0.1, 0.15) is 21.5 Å². The van der Waals surface area contributed by atoms with Crippen molar-refractivity contribution in [2.24, 2.45) is 0 Å². The summed E-state index contributed by atoms with van der Waals surface area (Å²) in [5.74, 6) is -0.869. The largest absolute Gasteiger partial charge is 0.496 e. The minimum atomic E-state index is -0.826. The Kier molecular flexibility index (Phi) is 4.76. The highest BCUT2D eigenvalue weighted by atomic mass is 79.9. The van der Waals surface area contributed by atoms with Crippen LogP contribution in [-0.4, -0.2) is 7.11 Å². The van der Waals surface area contributed by atoms with Gasteiger partial charge in [0.25, 0.3) is 0 Å². The van der Waals surface area contributed by atoms with Gasteiger partial charge in [-0.3, -0.25) is 0 Å². The van der Waals surface area contributed by atoms with Gasteiger partial charge in [0.2, 0.25) is 0 Å². The Hall–Kier alpha value is -1.42. The molecule has 0 aliphatic carbocycles. The predicted molar refractivity (Wildman–Crippen MR) is 79.5 cm³/mol. The van der Waals surface area contributed by atoms with E-state index in [1.54, 1.807) is 13.2 Å². The molecule has 0 radical (unpaired) electrons. The lowest BCUT2D eigenvalue weighted by Gasteiger charge is -2.15. The smallest absolute Gasteiger partial charge is 0.159 e. The van der Waals surface area contributed by atoms with Gasteiger partial charge in [0.05, 0.1) is 7.11 Å². The van der Waals surface area contributed by atoms with Crippen LogP contribution in [0.3, 0.4) is 0 Å². The average molecular weight is 341 g/mol. The summed E-state index contributed by atoms with van der Waals surface area (Å²) < 4.78 is 31.5. The standard InChI is InChI=1S/C16H15BrF2O/c1-10-3-6-16(20-2)12(7-10)13(17)8-11-4-5-14(18)15(19)9-11/h3-7,9,13H,8H2,1-2H3. The van der Waals surface area contributed by atoms with Crippen LogP contribution >= 0.6 is 15.9 Å². The molecular weight excluding hydrogens is 326 g/mol. The van der Waals surface area contributed by atoms with Crippen LogP contribution in [0, 0.1) is 18.6 Å². The van der Waals surface area contributed by atoms with Crippen molar-refractivity contribution in [2.75, 3.05) is 7.11 Å². The second kappa shape index (κ2) is 6.35. The number of halogens is 3. The van der Waals surface area contributed by atoms with Crippen molar-refractivity contribution in [2.45, 2.75) is 18.2 Å². The maximum atomic E-state index is 13.2. The van der Waals surface area contributed by atoms with Crippen molar-refractivity contribution in [3.05, 3.63) is 64.7 Å². The Bertz CT molecular complexity index is 613. The first-order valence-electron chi connectivity index (χ1n) is 6.24. The maximum absolute atomic E-state index is 13.2. The molecule has 1 nitrogen and oxygen atoms in total. The van der Waals surface area contributed by atoms with Crippen molar-refractivity contribution in [3.8, 4) is 5.75 Å². The molecule has 2 aromatic carbocycles. The molecule has 1 atom stereocenters. The van der Waals surface area contributed by atoms with Crippen molar-refractivity contribution >= 4 is 15.9 Å². The van der Waals surface area contributed by atoms with Gasteiger partial charge < -0.3 is 4.74 Å². The third-order valence-electron chi connectivity index (χ3n) is 3.12. The number of hydrogen-bond donors (Lipinski definition) is 0. The zero-order chi connectivity index (χ0) is 14.7. The van der Waals surface area contributed by atoms with E-state index in [1.807, 2.05) is 25.1 Å². The second-order valence-electron chi connectivity index (χ2n) is 4.67. The molecule has 106 valence electrons. The SMILES string of the molecule is COc1ccc(C)cc1C(Br)Cc1ccc(F)c(F)c1. The highest BCUT2D eigenvalue weighted by molar-refractivity contribution is 9.09. The quantitative estimate of drug-likeness (QED) is 0.714. The molecule has 0 fully saturated rings. The lowest BCUT2D eigenvalue weighted by Crippen LogP contribution is -2.00. The first-order valence-corrected chi connectivity index (χ1v) is 7.15. The fourth-order valence-corrected chi connectivity index (χ4v) is 2.81. The summed E-state index contributed by atoms with van der Waals surface area (Å²) in [5.41, 5.74) is 2.85. The molecule has 0 saturated heterocycles. The molecule has 2 aromatic rings. The molecule has 0 spiro atoms. The van der Waals surface area contributed by atoms with Gasteiger partial charge in [0.15, 0.2) is 11.6 Å². The van der Waals surface area contributed by atoms with E-state index < -0.39 is 11.6 Å². The molecule has 2 rings (SSSR count). The summed E-state index contributed by atoms with van der Waals surface area (Å²) in [6.45, 7) is 2.00. The van der Waals surface area contributed by atoms with Gasteiger partial charge in [0.1, 0.15) is 5.75 Å². The monoisotopic (exact) mass is 340 g/mol. The van der Waals surface area contributed by atoms with Crippen LogP contribution in [0.2, 0.25) is 0 Å². The molecule has 0 bridgehead atoms. The van der Waals surface area contributed by atoms with Gasteiger partial charge in [-0.05, 0) is 37.1 Å². The number of methoxy groups -OCH3 is 1. The normalized spacial score (nSPS) is 12.2. The van der Waals surface area contributed by atoms with Gasteiger partial charge in [-0.2, -0.15) is 0 Å². The zero-order valence-corrected chi connectivity index (χ0v) is 12.9. The predicted octanol–water partition coefficient (Wildman–Crippen LogP) is 4.96. The number of aryl methyl sites for hydroxylation is 1. The molecule has 0 aliphatic heterocycles. The van der Waals surface area contributed by atoms with Crippen LogP contribution in [0.15, 0.2) is 36.4 Å². The summed E-state index contributed by atoms with van der Waals surface area (Å²) in [4.78, 5) is -0.0257. The lowest BCUT2D eigenvalue weighted by atomic mass is 10.0. The number of ether oxygens (including phenoxy) is 1. The molecule has 0 amide bonds. The number of benzene rings is 2. The Balaban J connectivity index is 2.25. The van der Waals surface area contributed by atoms with E-state index >= 15 is 0 Å². The Morgan fingerprint density at radius 1 is 1.10 bits per heavy atom. The molecule has 0 aliphatic rings. The van der Waals surface area contributed by atoms with E-state index in [0.29, 0.717) is 6.42 Å². The summed E-state index contributed by atoms with van der Waals surface area (Å²) >= 11 is 3.60. The Labute approximate surface area is 125 Å². The lowest BCUT2D eigenvalue weighted by molar-refractivity contribution is 0.409. The van der Waals surface area contributed by atoms with Crippen LogP contribution < -0.4 is 4.74 Å². The minimum absolute atomic E-state index is 0.0257. The fourth-order valence-electron chi connectivity index (χ4n) is 2.08. The van der Waals surface area contributed by atoms with E-state index in [4.69, 9.17) is 4.74 Å². The third-order valence-corrected chi connectivity index (χ3v) is 3.94. The van der Waals surface area contributed by atoms with Crippen molar-refractivity contribution in [1.29, 1.82) is 0 Å². The molecule has 0 saturated carbocycles. The van der Waals surface area contributed by atoms with Gasteiger partial charge in [0, 0.05) is 10.4 Å². The molecule has 0 aromatic heterocycles. The first kappa shape index (κ1) is 15.0. The number of alkyl halides is 1. The fraction of sp³-hybridized carbons (Fsp3) is 0.250. The summed E-state index contributed by atoms with van der Waals surface area (Å²) in [6.07, 6.45) is 0.553. The van der Waals surface area contributed by atoms with E-state index in [0.717, 1.165) is 28.5 Å². The molecule has 0 heterocycles. The van der Waals surface area contributed by atoms with Crippen molar-refractivity contribution in [3.63, 3.8) is 0 Å².